The predicted octanol–water partition coefficient (Wildman–Crippen LogP) is 3.73. The van der Waals surface area contributed by atoms with Crippen molar-refractivity contribution in [2.24, 2.45) is 0 Å². The lowest BCUT2D eigenvalue weighted by Gasteiger charge is -2.23. The highest BCUT2D eigenvalue weighted by Gasteiger charge is 2.08. The van der Waals surface area contributed by atoms with E-state index < -0.39 is 0 Å². The van der Waals surface area contributed by atoms with Crippen LogP contribution in [0, 0.1) is 11.8 Å². The molecule has 3 heteroatoms. The number of hydrogen-bond acceptors (Lipinski definition) is 2. The molecule has 0 N–H and O–H groups in total. The van der Waals surface area contributed by atoms with Gasteiger partial charge in [-0.25, -0.2) is 4.79 Å². The normalized spacial score (nSPS) is 10.7. The molecule has 0 atom stereocenters. The zero-order chi connectivity index (χ0) is 18.1. The average Bonchev–Trinajstić information content (AvgIpc) is 2.60. The Balaban J connectivity index is 1.81. The van der Waals surface area contributed by atoms with Gasteiger partial charge in [0.1, 0.15) is 0 Å². The molecule has 0 saturated carbocycles. The van der Waals surface area contributed by atoms with Crippen molar-refractivity contribution >= 4 is 5.97 Å². The molecule has 0 radical (unpaired) electrons. The molecule has 25 heavy (non-hydrogen) atoms. The lowest BCUT2D eigenvalue weighted by atomic mass is 10.1. The second-order valence-corrected chi connectivity index (χ2v) is 7.05. The van der Waals surface area contributed by atoms with Gasteiger partial charge in [-0.2, -0.15) is 0 Å². The monoisotopic (exact) mass is 336 g/mol. The van der Waals surface area contributed by atoms with Gasteiger partial charge in [0.05, 0.1) is 39.9 Å². The Labute approximate surface area is 150 Å². The van der Waals surface area contributed by atoms with Crippen LogP contribution in [0.2, 0.25) is 0 Å². The largest absolute Gasteiger partial charge is 0.462 e. The van der Waals surface area contributed by atoms with Crippen LogP contribution in [0.4, 0.5) is 0 Å². The number of hydrogen-bond donors (Lipinski definition) is 0. The van der Waals surface area contributed by atoms with E-state index >= 15 is 0 Å². The van der Waals surface area contributed by atoms with Crippen molar-refractivity contribution in [3.05, 3.63) is 71.3 Å². The Bertz CT molecular complexity index is 732. The molecule has 0 unspecified atom stereocenters. The number of rotatable bonds is 6. The number of carbonyl (C=O) groups excluding carboxylic acids is 1. The lowest BCUT2D eigenvalue weighted by Crippen LogP contribution is -2.35. The fourth-order valence-electron chi connectivity index (χ4n) is 2.29. The molecule has 0 aliphatic carbocycles. The Hall–Kier alpha value is -2.57. The maximum atomic E-state index is 12.0. The highest BCUT2D eigenvalue weighted by atomic mass is 16.5. The van der Waals surface area contributed by atoms with E-state index in [1.165, 1.54) is 0 Å². The van der Waals surface area contributed by atoms with Crippen molar-refractivity contribution in [2.75, 3.05) is 34.3 Å². The molecule has 0 spiro atoms. The van der Waals surface area contributed by atoms with E-state index in [0.717, 1.165) is 35.0 Å². The van der Waals surface area contributed by atoms with E-state index in [2.05, 4.69) is 33.0 Å². The number of quaternary nitrogens is 1. The second kappa shape index (κ2) is 9.05. The summed E-state index contributed by atoms with van der Waals surface area (Å²) in [5, 5.41) is 0. The molecule has 3 nitrogen and oxygen atoms in total. The predicted molar refractivity (Wildman–Crippen MR) is 101 cm³/mol. The first-order valence-corrected chi connectivity index (χ1v) is 8.59. The summed E-state index contributed by atoms with van der Waals surface area (Å²) in [6, 6.07) is 17.1. The molecule has 0 aromatic heterocycles. The Morgan fingerprint density at radius 1 is 0.880 bits per heavy atom. The molecule has 130 valence electrons. The van der Waals surface area contributed by atoms with Crippen LogP contribution in [0.1, 0.15) is 34.3 Å². The summed E-state index contributed by atoms with van der Waals surface area (Å²) in [7, 11) is 6.48. The zero-order valence-corrected chi connectivity index (χ0v) is 15.3. The van der Waals surface area contributed by atoms with Gasteiger partial charge in [-0.15, -0.1) is 0 Å². The van der Waals surface area contributed by atoms with Gasteiger partial charge in [0.15, 0.2) is 0 Å². The maximum Gasteiger partial charge on any atom is 0.338 e. The Morgan fingerprint density at radius 2 is 1.48 bits per heavy atom. The summed E-state index contributed by atoms with van der Waals surface area (Å²) in [5.41, 5.74) is 2.42. The first kappa shape index (κ1) is 18.8. The molecule has 2 aromatic rings. The van der Waals surface area contributed by atoms with Gasteiger partial charge < -0.3 is 9.22 Å². The molecule has 0 fully saturated rings. The fourth-order valence-corrected chi connectivity index (χ4v) is 2.29. The van der Waals surface area contributed by atoms with Crippen LogP contribution in [0.5, 0.6) is 0 Å². The SMILES string of the molecule is C[N+](C)(C)CCCCOC(=O)c1ccc(C#Cc2ccccc2)cc1. The summed E-state index contributed by atoms with van der Waals surface area (Å²) >= 11 is 0. The van der Waals surface area contributed by atoms with E-state index in [1.807, 2.05) is 42.5 Å². The summed E-state index contributed by atoms with van der Waals surface area (Å²) in [4.78, 5) is 12.0. The van der Waals surface area contributed by atoms with Crippen molar-refractivity contribution in [3.63, 3.8) is 0 Å². The first-order chi connectivity index (χ1) is 11.9. The first-order valence-electron chi connectivity index (χ1n) is 8.59. The van der Waals surface area contributed by atoms with Gasteiger partial charge in [-0.1, -0.05) is 30.0 Å². The highest BCUT2D eigenvalue weighted by Crippen LogP contribution is 2.07. The molecule has 0 heterocycles. The van der Waals surface area contributed by atoms with Crippen molar-refractivity contribution in [1.29, 1.82) is 0 Å². The van der Waals surface area contributed by atoms with Crippen molar-refractivity contribution in [3.8, 4) is 11.8 Å². The van der Waals surface area contributed by atoms with Crippen LogP contribution in [0.25, 0.3) is 0 Å². The summed E-state index contributed by atoms with van der Waals surface area (Å²) < 4.78 is 6.26. The summed E-state index contributed by atoms with van der Waals surface area (Å²) in [5.74, 6) is 5.93. The van der Waals surface area contributed by atoms with Crippen molar-refractivity contribution in [1.82, 2.24) is 0 Å². The van der Waals surface area contributed by atoms with Crippen LogP contribution in [0.15, 0.2) is 54.6 Å². The minimum atomic E-state index is -0.271. The van der Waals surface area contributed by atoms with Gasteiger partial charge in [-0.05, 0) is 49.2 Å². The van der Waals surface area contributed by atoms with Gasteiger partial charge in [0.2, 0.25) is 0 Å². The molecule has 0 aliphatic heterocycles. The van der Waals surface area contributed by atoms with Gasteiger partial charge in [0.25, 0.3) is 0 Å². The van der Waals surface area contributed by atoms with Gasteiger partial charge in [-0.3, -0.25) is 0 Å². The lowest BCUT2D eigenvalue weighted by molar-refractivity contribution is -0.870. The third-order valence-corrected chi connectivity index (χ3v) is 3.70. The number of esters is 1. The van der Waals surface area contributed by atoms with Gasteiger partial charge in [0, 0.05) is 11.1 Å². The molecule has 0 amide bonds. The average molecular weight is 336 g/mol. The molecular formula is C22H26NO2+. The molecular weight excluding hydrogens is 310 g/mol. The number of carbonyl (C=O) groups is 1. The Morgan fingerprint density at radius 3 is 2.08 bits per heavy atom. The minimum absolute atomic E-state index is 0.271. The third kappa shape index (κ3) is 7.24. The fraction of sp³-hybridized carbons (Fsp3) is 0.318. The van der Waals surface area contributed by atoms with Gasteiger partial charge >= 0.3 is 5.97 Å². The number of benzene rings is 2. The third-order valence-electron chi connectivity index (χ3n) is 3.70. The molecule has 0 bridgehead atoms. The maximum absolute atomic E-state index is 12.0. The van der Waals surface area contributed by atoms with E-state index in [1.54, 1.807) is 12.1 Å². The van der Waals surface area contributed by atoms with Crippen LogP contribution in [-0.2, 0) is 4.74 Å². The van der Waals surface area contributed by atoms with Crippen molar-refractivity contribution in [2.45, 2.75) is 12.8 Å². The molecule has 0 saturated heterocycles. The number of ether oxygens (including phenoxy) is 1. The van der Waals surface area contributed by atoms with E-state index in [0.29, 0.717) is 12.2 Å². The summed E-state index contributed by atoms with van der Waals surface area (Å²) in [6.45, 7) is 1.54. The number of unbranched alkanes of at least 4 members (excludes halogenated alkanes) is 1. The quantitative estimate of drug-likeness (QED) is 0.348. The second-order valence-electron chi connectivity index (χ2n) is 7.05. The minimum Gasteiger partial charge on any atom is -0.462 e. The van der Waals surface area contributed by atoms with E-state index in [-0.39, 0.29) is 5.97 Å². The topological polar surface area (TPSA) is 26.3 Å². The molecule has 0 aliphatic rings. The Kier molecular flexibility index (Phi) is 6.80. The highest BCUT2D eigenvalue weighted by molar-refractivity contribution is 5.89. The smallest absolute Gasteiger partial charge is 0.338 e. The number of nitrogens with zero attached hydrogens (tertiary/aromatic N) is 1. The van der Waals surface area contributed by atoms with Crippen LogP contribution in [-0.4, -0.2) is 44.7 Å². The van der Waals surface area contributed by atoms with Crippen molar-refractivity contribution < 1.29 is 14.0 Å². The van der Waals surface area contributed by atoms with Crippen LogP contribution < -0.4 is 0 Å². The van der Waals surface area contributed by atoms with Crippen LogP contribution in [0.3, 0.4) is 0 Å². The standard InChI is InChI=1S/C22H26NO2/c1-23(2,3)17-7-8-18-25-22(24)21-15-13-20(14-16-21)12-11-19-9-5-4-6-10-19/h4-6,9-10,13-16H,7-8,17-18H2,1-3H3/q+1. The molecule has 2 rings (SSSR count). The van der Waals surface area contributed by atoms with Crippen LogP contribution >= 0.6 is 0 Å². The van der Waals surface area contributed by atoms with E-state index in [9.17, 15) is 4.79 Å². The molecule has 2 aromatic carbocycles. The summed E-state index contributed by atoms with van der Waals surface area (Å²) in [6.07, 6.45) is 1.94. The zero-order valence-electron chi connectivity index (χ0n) is 15.3. The van der Waals surface area contributed by atoms with E-state index in [4.69, 9.17) is 4.74 Å².